The number of rotatable bonds is 5. The summed E-state index contributed by atoms with van der Waals surface area (Å²) in [7, 11) is 0. The highest BCUT2D eigenvalue weighted by molar-refractivity contribution is 6.30. The van der Waals surface area contributed by atoms with E-state index in [1.165, 1.54) is 11.3 Å². The highest BCUT2D eigenvalue weighted by Gasteiger charge is 2.19. The van der Waals surface area contributed by atoms with Crippen LogP contribution in [0.2, 0.25) is 5.02 Å². The van der Waals surface area contributed by atoms with Crippen molar-refractivity contribution in [2.75, 3.05) is 37.7 Å². The summed E-state index contributed by atoms with van der Waals surface area (Å²) in [5.74, 6) is 0.985. The molecule has 23 heavy (non-hydrogen) atoms. The van der Waals surface area contributed by atoms with Crippen LogP contribution in [-0.4, -0.2) is 37.7 Å². The highest BCUT2D eigenvalue weighted by atomic mass is 35.5. The molecule has 0 amide bonds. The number of halogens is 1. The molecule has 0 aromatic heterocycles. The average molecular weight is 331 g/mol. The van der Waals surface area contributed by atoms with Gasteiger partial charge in [0.1, 0.15) is 5.75 Å². The Balaban J connectivity index is 1.60. The minimum Gasteiger partial charge on any atom is -0.492 e. The number of ether oxygens (including phenoxy) is 1. The molecule has 0 N–H and O–H groups in total. The average Bonchev–Trinajstić information content (AvgIpc) is 2.57. The number of benzene rings is 2. The summed E-state index contributed by atoms with van der Waals surface area (Å²) < 4.78 is 5.76. The van der Waals surface area contributed by atoms with E-state index in [1.807, 2.05) is 25.1 Å². The molecule has 0 radical (unpaired) electrons. The monoisotopic (exact) mass is 330 g/mol. The van der Waals surface area contributed by atoms with Gasteiger partial charge in [-0.1, -0.05) is 35.9 Å². The van der Waals surface area contributed by atoms with Gasteiger partial charge < -0.3 is 9.64 Å². The van der Waals surface area contributed by atoms with Gasteiger partial charge >= 0.3 is 0 Å². The maximum absolute atomic E-state index is 6.07. The van der Waals surface area contributed by atoms with Crippen molar-refractivity contribution in [2.45, 2.75) is 13.5 Å². The number of nitrogens with zero attached hydrogens (tertiary/aromatic N) is 2. The fraction of sp³-hybridized carbons (Fsp3) is 0.368. The predicted molar refractivity (Wildman–Crippen MR) is 96.6 cm³/mol. The third-order valence-electron chi connectivity index (χ3n) is 4.17. The SMILES string of the molecule is CCOc1ccccc1N1CCN(Cc2cccc(Cl)c2)CC1. The van der Waals surface area contributed by atoms with Crippen molar-refractivity contribution in [1.82, 2.24) is 4.90 Å². The molecule has 122 valence electrons. The summed E-state index contributed by atoms with van der Waals surface area (Å²) in [6.45, 7) is 7.82. The lowest BCUT2D eigenvalue weighted by Crippen LogP contribution is -2.46. The fourth-order valence-corrected chi connectivity index (χ4v) is 3.25. The predicted octanol–water partition coefficient (Wildman–Crippen LogP) is 4.06. The van der Waals surface area contributed by atoms with E-state index < -0.39 is 0 Å². The van der Waals surface area contributed by atoms with Gasteiger partial charge in [0.2, 0.25) is 0 Å². The molecule has 0 unspecified atom stereocenters. The van der Waals surface area contributed by atoms with Crippen molar-refractivity contribution < 1.29 is 4.74 Å². The van der Waals surface area contributed by atoms with Gasteiger partial charge in [-0.25, -0.2) is 0 Å². The number of hydrogen-bond acceptors (Lipinski definition) is 3. The second-order valence-corrected chi connectivity index (χ2v) is 6.23. The van der Waals surface area contributed by atoms with Crippen LogP contribution >= 0.6 is 11.6 Å². The van der Waals surface area contributed by atoms with Crippen LogP contribution in [0.5, 0.6) is 5.75 Å². The normalized spacial score (nSPS) is 15.7. The first kappa shape index (κ1) is 16.2. The molecule has 3 nitrogen and oxygen atoms in total. The summed E-state index contributed by atoms with van der Waals surface area (Å²) >= 11 is 6.07. The van der Waals surface area contributed by atoms with Crippen LogP contribution in [-0.2, 0) is 6.54 Å². The van der Waals surface area contributed by atoms with E-state index in [2.05, 4.69) is 40.1 Å². The highest BCUT2D eigenvalue weighted by Crippen LogP contribution is 2.29. The van der Waals surface area contributed by atoms with E-state index in [4.69, 9.17) is 16.3 Å². The Kier molecular flexibility index (Phi) is 5.42. The van der Waals surface area contributed by atoms with Gasteiger partial charge in [0.25, 0.3) is 0 Å². The molecule has 1 aliphatic rings. The maximum Gasteiger partial charge on any atom is 0.142 e. The molecule has 0 spiro atoms. The van der Waals surface area contributed by atoms with Crippen LogP contribution in [0.1, 0.15) is 12.5 Å². The maximum atomic E-state index is 6.07. The molecule has 1 aliphatic heterocycles. The minimum absolute atomic E-state index is 0.700. The van der Waals surface area contributed by atoms with E-state index in [0.717, 1.165) is 43.5 Å². The van der Waals surface area contributed by atoms with E-state index >= 15 is 0 Å². The fourth-order valence-electron chi connectivity index (χ4n) is 3.04. The van der Waals surface area contributed by atoms with Gasteiger partial charge in [-0.05, 0) is 36.8 Å². The van der Waals surface area contributed by atoms with Crippen molar-refractivity contribution in [3.63, 3.8) is 0 Å². The molecule has 2 aromatic rings. The number of para-hydroxylation sites is 2. The summed E-state index contributed by atoms with van der Waals surface area (Å²) in [5, 5.41) is 0.812. The van der Waals surface area contributed by atoms with Crippen LogP contribution in [0, 0.1) is 0 Å². The zero-order valence-corrected chi connectivity index (χ0v) is 14.3. The van der Waals surface area contributed by atoms with Gasteiger partial charge in [-0.15, -0.1) is 0 Å². The Morgan fingerprint density at radius 1 is 1.00 bits per heavy atom. The molecule has 1 saturated heterocycles. The first-order chi connectivity index (χ1) is 11.3. The third-order valence-corrected chi connectivity index (χ3v) is 4.41. The second kappa shape index (κ2) is 7.71. The molecule has 1 fully saturated rings. The van der Waals surface area contributed by atoms with Crippen molar-refractivity contribution >= 4 is 17.3 Å². The molecule has 0 aliphatic carbocycles. The second-order valence-electron chi connectivity index (χ2n) is 5.79. The van der Waals surface area contributed by atoms with E-state index in [0.29, 0.717) is 6.61 Å². The third kappa shape index (κ3) is 4.18. The summed E-state index contributed by atoms with van der Waals surface area (Å²) in [6.07, 6.45) is 0. The minimum atomic E-state index is 0.700. The van der Waals surface area contributed by atoms with Crippen LogP contribution in [0.15, 0.2) is 48.5 Å². The van der Waals surface area contributed by atoms with Crippen molar-refractivity contribution in [3.05, 3.63) is 59.1 Å². The summed E-state index contributed by atoms with van der Waals surface area (Å²) in [4.78, 5) is 4.89. The Morgan fingerprint density at radius 2 is 1.78 bits per heavy atom. The Bertz CT molecular complexity index is 639. The van der Waals surface area contributed by atoms with Gasteiger partial charge in [0.05, 0.1) is 12.3 Å². The molecular formula is C19H23ClN2O. The van der Waals surface area contributed by atoms with Gasteiger partial charge in [0, 0.05) is 37.7 Å². The van der Waals surface area contributed by atoms with E-state index in [1.54, 1.807) is 0 Å². The number of hydrogen-bond donors (Lipinski definition) is 0. The molecule has 4 heteroatoms. The zero-order chi connectivity index (χ0) is 16.1. The molecule has 0 bridgehead atoms. The zero-order valence-electron chi connectivity index (χ0n) is 13.5. The molecule has 3 rings (SSSR count). The largest absolute Gasteiger partial charge is 0.492 e. The van der Waals surface area contributed by atoms with Crippen molar-refractivity contribution in [1.29, 1.82) is 0 Å². The lowest BCUT2D eigenvalue weighted by molar-refractivity contribution is 0.248. The lowest BCUT2D eigenvalue weighted by Gasteiger charge is -2.36. The van der Waals surface area contributed by atoms with Crippen molar-refractivity contribution in [2.24, 2.45) is 0 Å². The standard InChI is InChI=1S/C19H23ClN2O/c1-2-23-19-9-4-3-8-18(19)22-12-10-21(11-13-22)15-16-6-5-7-17(20)14-16/h3-9,14H,2,10-13,15H2,1H3. The first-order valence-electron chi connectivity index (χ1n) is 8.20. The Hall–Kier alpha value is -1.71. The van der Waals surface area contributed by atoms with Gasteiger partial charge in [0.15, 0.2) is 0 Å². The molecule has 2 aromatic carbocycles. The van der Waals surface area contributed by atoms with Crippen LogP contribution in [0.4, 0.5) is 5.69 Å². The van der Waals surface area contributed by atoms with Crippen LogP contribution < -0.4 is 9.64 Å². The van der Waals surface area contributed by atoms with Gasteiger partial charge in [-0.3, -0.25) is 4.90 Å². The summed E-state index contributed by atoms with van der Waals surface area (Å²) in [5.41, 5.74) is 2.48. The summed E-state index contributed by atoms with van der Waals surface area (Å²) in [6, 6.07) is 16.5. The van der Waals surface area contributed by atoms with Crippen LogP contribution in [0.25, 0.3) is 0 Å². The molecule has 0 atom stereocenters. The van der Waals surface area contributed by atoms with Gasteiger partial charge in [-0.2, -0.15) is 0 Å². The number of piperazine rings is 1. The Labute approximate surface area is 143 Å². The molecule has 1 heterocycles. The molecular weight excluding hydrogens is 308 g/mol. The van der Waals surface area contributed by atoms with Crippen molar-refractivity contribution in [3.8, 4) is 5.75 Å². The topological polar surface area (TPSA) is 15.7 Å². The lowest BCUT2D eigenvalue weighted by atomic mass is 10.2. The van der Waals surface area contributed by atoms with E-state index in [-0.39, 0.29) is 0 Å². The quantitative estimate of drug-likeness (QED) is 0.822. The van der Waals surface area contributed by atoms with E-state index in [9.17, 15) is 0 Å². The molecule has 0 saturated carbocycles. The Morgan fingerprint density at radius 3 is 2.52 bits per heavy atom. The first-order valence-corrected chi connectivity index (χ1v) is 8.57. The number of anilines is 1. The smallest absolute Gasteiger partial charge is 0.142 e. The van der Waals surface area contributed by atoms with Crippen LogP contribution in [0.3, 0.4) is 0 Å².